The molecular formula is C13H26NO4Si. The van der Waals surface area contributed by atoms with Gasteiger partial charge < -0.3 is 9.16 Å². The first kappa shape index (κ1) is 18.0. The van der Waals surface area contributed by atoms with Gasteiger partial charge >= 0.3 is 12.1 Å². The van der Waals surface area contributed by atoms with Crippen LogP contribution in [0.15, 0.2) is 0 Å². The van der Waals surface area contributed by atoms with E-state index in [9.17, 15) is 9.59 Å². The van der Waals surface area contributed by atoms with Crippen LogP contribution < -0.4 is 0 Å². The lowest BCUT2D eigenvalue weighted by molar-refractivity contribution is -0.150. The lowest BCUT2D eigenvalue weighted by Crippen LogP contribution is -2.57. The summed E-state index contributed by atoms with van der Waals surface area (Å²) in [6.45, 7) is 13.2. The Morgan fingerprint density at radius 1 is 1.16 bits per heavy atom. The third-order valence-corrected chi connectivity index (χ3v) is 3.15. The highest BCUT2D eigenvalue weighted by atomic mass is 28.3. The second-order valence-electron chi connectivity index (χ2n) is 6.03. The van der Waals surface area contributed by atoms with Crippen LogP contribution in [0.1, 0.15) is 34.6 Å². The lowest BCUT2D eigenvalue weighted by Gasteiger charge is -2.41. The molecule has 111 valence electrons. The number of esters is 1. The van der Waals surface area contributed by atoms with E-state index >= 15 is 0 Å². The van der Waals surface area contributed by atoms with E-state index in [1.165, 1.54) is 12.0 Å². The van der Waals surface area contributed by atoms with Crippen molar-refractivity contribution in [3.8, 4) is 0 Å². The van der Waals surface area contributed by atoms with Gasteiger partial charge in [0.2, 0.25) is 0 Å². The normalized spacial score (nSPS) is 13.4. The van der Waals surface area contributed by atoms with Crippen LogP contribution in [0.3, 0.4) is 0 Å². The molecule has 0 N–H and O–H groups in total. The average Bonchev–Trinajstić information content (AvgIpc) is 2.20. The Morgan fingerprint density at radius 2 is 1.63 bits per heavy atom. The highest BCUT2D eigenvalue weighted by Gasteiger charge is 2.41. The van der Waals surface area contributed by atoms with Crippen LogP contribution in [-0.4, -0.2) is 44.7 Å². The molecule has 0 saturated carbocycles. The summed E-state index contributed by atoms with van der Waals surface area (Å²) in [5, 5.41) is 0. The molecule has 0 aliphatic heterocycles. The SMILES string of the molecule is COC(=O)C(C(C)C)N(C(=O)O[Si](C)C)C(C)(C)C. The van der Waals surface area contributed by atoms with E-state index in [1.54, 1.807) is 0 Å². The molecule has 19 heavy (non-hydrogen) atoms. The summed E-state index contributed by atoms with van der Waals surface area (Å²) in [5.41, 5.74) is -0.516. The molecule has 5 nitrogen and oxygen atoms in total. The highest BCUT2D eigenvalue weighted by molar-refractivity contribution is 6.50. The first-order chi connectivity index (χ1) is 8.52. The van der Waals surface area contributed by atoms with Gasteiger partial charge in [-0.3, -0.25) is 4.90 Å². The summed E-state index contributed by atoms with van der Waals surface area (Å²) >= 11 is 0. The van der Waals surface area contributed by atoms with E-state index in [-0.39, 0.29) is 5.92 Å². The van der Waals surface area contributed by atoms with Crippen molar-refractivity contribution in [2.45, 2.75) is 59.3 Å². The number of carbonyl (C=O) groups excluding carboxylic acids is 2. The van der Waals surface area contributed by atoms with Gasteiger partial charge in [-0.05, 0) is 39.8 Å². The molecule has 0 bridgehead atoms. The van der Waals surface area contributed by atoms with Gasteiger partial charge in [-0.1, -0.05) is 13.8 Å². The molecule has 0 spiro atoms. The first-order valence-corrected chi connectivity index (χ1v) is 8.82. The van der Waals surface area contributed by atoms with Crippen LogP contribution >= 0.6 is 0 Å². The number of rotatable bonds is 4. The zero-order valence-electron chi connectivity index (χ0n) is 13.2. The molecule has 0 aromatic rings. The molecule has 0 aromatic heterocycles. The fraction of sp³-hybridized carbons (Fsp3) is 0.846. The van der Waals surface area contributed by atoms with Crippen molar-refractivity contribution in [1.29, 1.82) is 0 Å². The first-order valence-electron chi connectivity index (χ1n) is 6.41. The third-order valence-electron chi connectivity index (χ3n) is 2.56. The van der Waals surface area contributed by atoms with Gasteiger partial charge in [-0.2, -0.15) is 0 Å². The van der Waals surface area contributed by atoms with Crippen molar-refractivity contribution < 1.29 is 18.8 Å². The standard InChI is InChI=1S/C13H26NO4Si/c1-9(2)10(11(15)17-6)14(13(3,4)5)12(16)18-19(7)8/h9-10H,1-8H3. The van der Waals surface area contributed by atoms with Gasteiger partial charge in [-0.15, -0.1) is 0 Å². The van der Waals surface area contributed by atoms with Crippen molar-refractivity contribution in [1.82, 2.24) is 4.90 Å². The van der Waals surface area contributed by atoms with Gasteiger partial charge in [0.1, 0.15) is 6.04 Å². The van der Waals surface area contributed by atoms with Gasteiger partial charge in [0.05, 0.1) is 7.11 Å². The summed E-state index contributed by atoms with van der Waals surface area (Å²) < 4.78 is 10.2. The van der Waals surface area contributed by atoms with Crippen molar-refractivity contribution in [2.75, 3.05) is 7.11 Å². The number of hydrogen-bond acceptors (Lipinski definition) is 4. The summed E-state index contributed by atoms with van der Waals surface area (Å²) in [6, 6.07) is -0.640. The number of amides is 1. The second kappa shape index (κ2) is 6.93. The molecule has 0 heterocycles. The molecule has 0 fully saturated rings. The Bertz CT molecular complexity index is 323. The number of ether oxygens (including phenoxy) is 1. The minimum absolute atomic E-state index is 0.0522. The molecule has 0 aliphatic rings. The monoisotopic (exact) mass is 288 g/mol. The molecule has 0 rings (SSSR count). The number of carbonyl (C=O) groups is 2. The minimum atomic E-state index is -1.17. The Hall–Kier alpha value is -1.04. The van der Waals surface area contributed by atoms with Crippen LogP contribution in [0.5, 0.6) is 0 Å². The summed E-state index contributed by atoms with van der Waals surface area (Å²) in [7, 11) is 0.161. The topological polar surface area (TPSA) is 55.8 Å². The van der Waals surface area contributed by atoms with Crippen molar-refractivity contribution in [3.05, 3.63) is 0 Å². The van der Waals surface area contributed by atoms with Gasteiger partial charge in [-0.25, -0.2) is 9.59 Å². The van der Waals surface area contributed by atoms with E-state index in [2.05, 4.69) is 0 Å². The van der Waals surface area contributed by atoms with Crippen LogP contribution in [0.25, 0.3) is 0 Å². The Labute approximate surface area is 118 Å². The van der Waals surface area contributed by atoms with Gasteiger partial charge in [0.25, 0.3) is 9.04 Å². The Kier molecular flexibility index (Phi) is 6.55. The summed E-state index contributed by atoms with van der Waals surface area (Å²) in [5.74, 6) is -0.466. The van der Waals surface area contributed by atoms with Crippen molar-refractivity contribution in [2.24, 2.45) is 5.92 Å². The molecule has 6 heteroatoms. The molecule has 0 saturated heterocycles. The molecule has 1 unspecified atom stereocenters. The molecule has 1 amide bonds. The average molecular weight is 288 g/mol. The van der Waals surface area contributed by atoms with Crippen LogP contribution in [0.4, 0.5) is 4.79 Å². The maximum absolute atomic E-state index is 12.3. The summed E-state index contributed by atoms with van der Waals surface area (Å²) in [6.07, 6.45) is -0.449. The summed E-state index contributed by atoms with van der Waals surface area (Å²) in [4.78, 5) is 25.7. The van der Waals surface area contributed by atoms with Crippen LogP contribution in [0, 0.1) is 5.92 Å². The zero-order chi connectivity index (χ0) is 15.4. The molecule has 1 radical (unpaired) electrons. The maximum atomic E-state index is 12.3. The molecular weight excluding hydrogens is 262 g/mol. The quantitative estimate of drug-likeness (QED) is 0.589. The van der Waals surface area contributed by atoms with Crippen molar-refractivity contribution >= 4 is 21.1 Å². The van der Waals surface area contributed by atoms with E-state index in [4.69, 9.17) is 9.16 Å². The largest absolute Gasteiger partial charge is 0.502 e. The van der Waals surface area contributed by atoms with Crippen LogP contribution in [0.2, 0.25) is 13.1 Å². The zero-order valence-corrected chi connectivity index (χ0v) is 14.2. The molecule has 0 aromatic carbocycles. The van der Waals surface area contributed by atoms with Crippen LogP contribution in [-0.2, 0) is 14.0 Å². The Balaban J connectivity index is 5.44. The smallest absolute Gasteiger partial charge is 0.397 e. The lowest BCUT2D eigenvalue weighted by atomic mass is 9.96. The van der Waals surface area contributed by atoms with E-state index in [0.717, 1.165) is 0 Å². The fourth-order valence-corrected chi connectivity index (χ4v) is 2.27. The van der Waals surface area contributed by atoms with E-state index in [1.807, 2.05) is 47.7 Å². The molecule has 0 aliphatic carbocycles. The van der Waals surface area contributed by atoms with Gasteiger partial charge in [0.15, 0.2) is 0 Å². The fourth-order valence-electron chi connectivity index (χ4n) is 1.82. The van der Waals surface area contributed by atoms with E-state index < -0.39 is 32.7 Å². The number of nitrogens with zero attached hydrogens (tertiary/aromatic N) is 1. The third kappa shape index (κ3) is 5.22. The van der Waals surface area contributed by atoms with E-state index in [0.29, 0.717) is 0 Å². The Morgan fingerprint density at radius 3 is 1.89 bits per heavy atom. The second-order valence-corrected chi connectivity index (χ2v) is 8.05. The number of methoxy groups -OCH3 is 1. The van der Waals surface area contributed by atoms with Crippen molar-refractivity contribution in [3.63, 3.8) is 0 Å². The van der Waals surface area contributed by atoms with Gasteiger partial charge in [0, 0.05) is 5.54 Å². The number of hydrogen-bond donors (Lipinski definition) is 0. The predicted molar refractivity (Wildman–Crippen MR) is 76.2 cm³/mol. The molecule has 1 atom stereocenters. The maximum Gasteiger partial charge on any atom is 0.397 e. The minimum Gasteiger partial charge on any atom is -0.502 e. The predicted octanol–water partition coefficient (Wildman–Crippen LogP) is 2.67. The highest BCUT2D eigenvalue weighted by Crippen LogP contribution is 2.24.